The number of amides is 1. The molecule has 4 heteroatoms. The fourth-order valence-electron chi connectivity index (χ4n) is 4.27. The number of benzene rings is 2. The maximum atomic E-state index is 12.6. The van der Waals surface area contributed by atoms with E-state index in [4.69, 9.17) is 9.47 Å². The minimum absolute atomic E-state index is 0.0372. The van der Waals surface area contributed by atoms with Crippen LogP contribution in [-0.4, -0.2) is 25.2 Å². The fourth-order valence-corrected chi connectivity index (χ4v) is 4.27. The van der Waals surface area contributed by atoms with Gasteiger partial charge in [0.25, 0.3) is 5.91 Å². The van der Waals surface area contributed by atoms with Gasteiger partial charge in [-0.1, -0.05) is 30.3 Å². The van der Waals surface area contributed by atoms with Crippen LogP contribution < -0.4 is 10.1 Å². The van der Waals surface area contributed by atoms with Gasteiger partial charge in [-0.2, -0.15) is 0 Å². The van der Waals surface area contributed by atoms with E-state index in [0.29, 0.717) is 24.1 Å². The second-order valence-corrected chi connectivity index (χ2v) is 7.86. The summed E-state index contributed by atoms with van der Waals surface area (Å²) in [5.74, 6) is 1.11. The van der Waals surface area contributed by atoms with E-state index in [-0.39, 0.29) is 12.0 Å². The molecule has 2 aliphatic rings. The summed E-state index contributed by atoms with van der Waals surface area (Å²) in [4.78, 5) is 12.6. The van der Waals surface area contributed by atoms with E-state index in [9.17, 15) is 4.79 Å². The summed E-state index contributed by atoms with van der Waals surface area (Å²) < 4.78 is 12.0. The fraction of sp³-hybridized carbons (Fsp3) is 0.458. The van der Waals surface area contributed by atoms with Crippen LogP contribution >= 0.6 is 0 Å². The first-order chi connectivity index (χ1) is 13.8. The molecule has 4 rings (SSSR count). The Morgan fingerprint density at radius 1 is 0.964 bits per heavy atom. The Hall–Kier alpha value is -2.33. The van der Waals surface area contributed by atoms with Crippen LogP contribution in [0.15, 0.2) is 54.6 Å². The lowest BCUT2D eigenvalue weighted by atomic mass is 9.89. The van der Waals surface area contributed by atoms with Crippen LogP contribution in [0, 0.1) is 5.92 Å². The van der Waals surface area contributed by atoms with Crippen molar-refractivity contribution in [2.45, 2.75) is 50.7 Å². The van der Waals surface area contributed by atoms with Gasteiger partial charge in [0.15, 0.2) is 0 Å². The summed E-state index contributed by atoms with van der Waals surface area (Å²) in [5, 5.41) is 3.10. The molecule has 0 spiro atoms. The van der Waals surface area contributed by atoms with Gasteiger partial charge in [0.2, 0.25) is 0 Å². The average Bonchev–Trinajstić information content (AvgIpc) is 3.26. The number of hydrogen-bond acceptors (Lipinski definition) is 3. The third-order valence-corrected chi connectivity index (χ3v) is 5.82. The van der Waals surface area contributed by atoms with Gasteiger partial charge in [-0.25, -0.2) is 0 Å². The Labute approximate surface area is 167 Å². The van der Waals surface area contributed by atoms with E-state index in [1.165, 1.54) is 18.4 Å². The molecule has 2 aromatic rings. The van der Waals surface area contributed by atoms with Crippen molar-refractivity contribution in [3.8, 4) is 5.75 Å². The molecule has 1 N–H and O–H groups in total. The van der Waals surface area contributed by atoms with Gasteiger partial charge in [0.05, 0.1) is 12.2 Å². The number of ether oxygens (including phenoxy) is 2. The van der Waals surface area contributed by atoms with Crippen LogP contribution in [0.3, 0.4) is 0 Å². The molecule has 2 aromatic carbocycles. The molecule has 28 heavy (non-hydrogen) atoms. The summed E-state index contributed by atoms with van der Waals surface area (Å²) >= 11 is 0. The van der Waals surface area contributed by atoms with E-state index in [2.05, 4.69) is 17.4 Å². The van der Waals surface area contributed by atoms with Gasteiger partial charge >= 0.3 is 0 Å². The predicted molar refractivity (Wildman–Crippen MR) is 110 cm³/mol. The van der Waals surface area contributed by atoms with Gasteiger partial charge in [-0.15, -0.1) is 0 Å². The number of rotatable bonds is 6. The Balaban J connectivity index is 1.32. The standard InChI is InChI=1S/C24H29NO3/c26-24(19-12-14-22(15-13-19)28-21-10-4-5-11-21)25-17-20-9-6-16-27-23(20)18-7-2-1-3-8-18/h1-3,7-8,12-15,20-21,23H,4-6,9-11,16-17H2,(H,25,26). The van der Waals surface area contributed by atoms with Crippen molar-refractivity contribution in [1.29, 1.82) is 0 Å². The van der Waals surface area contributed by atoms with Crippen LogP contribution in [0.2, 0.25) is 0 Å². The third-order valence-electron chi connectivity index (χ3n) is 5.82. The van der Waals surface area contributed by atoms with Crippen molar-refractivity contribution < 1.29 is 14.3 Å². The molecule has 1 saturated carbocycles. The van der Waals surface area contributed by atoms with Crippen molar-refractivity contribution in [2.75, 3.05) is 13.2 Å². The first-order valence-electron chi connectivity index (χ1n) is 10.5. The normalized spacial score (nSPS) is 22.7. The van der Waals surface area contributed by atoms with E-state index < -0.39 is 0 Å². The largest absolute Gasteiger partial charge is 0.490 e. The molecule has 1 amide bonds. The smallest absolute Gasteiger partial charge is 0.251 e. The summed E-state index contributed by atoms with van der Waals surface area (Å²) in [6.07, 6.45) is 7.26. The highest BCUT2D eigenvalue weighted by Gasteiger charge is 2.27. The molecule has 2 atom stereocenters. The van der Waals surface area contributed by atoms with Gasteiger partial charge in [0, 0.05) is 24.6 Å². The van der Waals surface area contributed by atoms with E-state index in [1.807, 2.05) is 42.5 Å². The molecule has 4 nitrogen and oxygen atoms in total. The highest BCUT2D eigenvalue weighted by Crippen LogP contribution is 2.33. The topological polar surface area (TPSA) is 47.6 Å². The molecule has 1 saturated heterocycles. The summed E-state index contributed by atoms with van der Waals surface area (Å²) in [5.41, 5.74) is 1.86. The van der Waals surface area contributed by atoms with Crippen LogP contribution in [-0.2, 0) is 4.74 Å². The Bertz CT molecular complexity index is 753. The van der Waals surface area contributed by atoms with Crippen molar-refractivity contribution in [3.05, 3.63) is 65.7 Å². The summed E-state index contributed by atoms with van der Waals surface area (Å²) in [6, 6.07) is 17.8. The molecule has 1 aliphatic heterocycles. The average molecular weight is 380 g/mol. The molecular formula is C24H29NO3. The first kappa shape index (κ1) is 19.0. The number of nitrogens with one attached hydrogen (secondary N) is 1. The van der Waals surface area contributed by atoms with Gasteiger partial charge in [-0.3, -0.25) is 4.79 Å². The van der Waals surface area contributed by atoms with Crippen LogP contribution in [0.5, 0.6) is 5.75 Å². The van der Waals surface area contributed by atoms with Crippen molar-refractivity contribution >= 4 is 5.91 Å². The lowest BCUT2D eigenvalue weighted by molar-refractivity contribution is -0.0272. The minimum atomic E-state index is -0.0372. The Kier molecular flexibility index (Phi) is 6.27. The third kappa shape index (κ3) is 4.74. The first-order valence-corrected chi connectivity index (χ1v) is 10.5. The molecule has 1 heterocycles. The summed E-state index contributed by atoms with van der Waals surface area (Å²) in [7, 11) is 0. The predicted octanol–water partition coefficient (Wildman–Crippen LogP) is 4.91. The van der Waals surface area contributed by atoms with E-state index in [1.54, 1.807) is 0 Å². The second kappa shape index (κ2) is 9.24. The molecule has 1 aliphatic carbocycles. The van der Waals surface area contributed by atoms with Crippen LogP contribution in [0.4, 0.5) is 0 Å². The van der Waals surface area contributed by atoms with Crippen LogP contribution in [0.1, 0.15) is 60.6 Å². The molecular weight excluding hydrogens is 350 g/mol. The number of hydrogen-bond donors (Lipinski definition) is 1. The molecule has 0 aromatic heterocycles. The molecule has 2 unspecified atom stereocenters. The molecule has 148 valence electrons. The van der Waals surface area contributed by atoms with Gasteiger partial charge < -0.3 is 14.8 Å². The van der Waals surface area contributed by atoms with Gasteiger partial charge in [0.1, 0.15) is 5.75 Å². The monoisotopic (exact) mass is 379 g/mol. The SMILES string of the molecule is O=C(NCC1CCCOC1c1ccccc1)c1ccc(OC2CCCC2)cc1. The van der Waals surface area contributed by atoms with E-state index in [0.717, 1.165) is 38.0 Å². The zero-order valence-corrected chi connectivity index (χ0v) is 16.3. The van der Waals surface area contributed by atoms with Crippen molar-refractivity contribution in [2.24, 2.45) is 5.92 Å². The Morgan fingerprint density at radius 2 is 1.71 bits per heavy atom. The number of carbonyl (C=O) groups is 1. The quantitative estimate of drug-likeness (QED) is 0.776. The van der Waals surface area contributed by atoms with Crippen molar-refractivity contribution in [1.82, 2.24) is 5.32 Å². The van der Waals surface area contributed by atoms with Crippen molar-refractivity contribution in [3.63, 3.8) is 0 Å². The lowest BCUT2D eigenvalue weighted by Gasteiger charge is -2.32. The molecule has 0 bridgehead atoms. The summed E-state index contributed by atoms with van der Waals surface area (Å²) in [6.45, 7) is 1.41. The zero-order chi connectivity index (χ0) is 19.2. The van der Waals surface area contributed by atoms with E-state index >= 15 is 0 Å². The van der Waals surface area contributed by atoms with Gasteiger partial charge in [-0.05, 0) is 68.4 Å². The zero-order valence-electron chi connectivity index (χ0n) is 16.3. The maximum absolute atomic E-state index is 12.6. The number of carbonyl (C=O) groups excluding carboxylic acids is 1. The highest BCUT2D eigenvalue weighted by molar-refractivity contribution is 5.94. The lowest BCUT2D eigenvalue weighted by Crippen LogP contribution is -2.35. The minimum Gasteiger partial charge on any atom is -0.490 e. The highest BCUT2D eigenvalue weighted by atomic mass is 16.5. The van der Waals surface area contributed by atoms with Crippen LogP contribution in [0.25, 0.3) is 0 Å². The molecule has 2 fully saturated rings. The second-order valence-electron chi connectivity index (χ2n) is 7.86. The molecule has 0 radical (unpaired) electrons. The maximum Gasteiger partial charge on any atom is 0.251 e. The Morgan fingerprint density at radius 3 is 2.46 bits per heavy atom.